The number of benzene rings is 1. The summed E-state index contributed by atoms with van der Waals surface area (Å²) in [6, 6.07) is 5.35. The first-order chi connectivity index (χ1) is 5.55. The molecule has 0 aliphatic carbocycles. The zero-order valence-corrected chi connectivity index (χ0v) is 6.88. The van der Waals surface area contributed by atoms with Crippen LogP contribution in [0.2, 0.25) is 0 Å². The molecule has 0 nitrogen and oxygen atoms in total. The van der Waals surface area contributed by atoms with Crippen molar-refractivity contribution in [1.29, 1.82) is 0 Å². The summed E-state index contributed by atoms with van der Waals surface area (Å²) in [4.78, 5) is 0. The summed E-state index contributed by atoms with van der Waals surface area (Å²) in [5.41, 5.74) is -0.458. The van der Waals surface area contributed by atoms with Crippen molar-refractivity contribution in [3.8, 4) is 0 Å². The summed E-state index contributed by atoms with van der Waals surface area (Å²) in [6.45, 7) is 0. The van der Waals surface area contributed by atoms with E-state index in [-0.39, 0.29) is 11.3 Å². The topological polar surface area (TPSA) is 0 Å². The highest BCUT2D eigenvalue weighted by atomic mass is 32.1. The van der Waals surface area contributed by atoms with Crippen molar-refractivity contribution in [2.45, 2.75) is 11.9 Å². The maximum absolute atomic E-state index is 12.2. The lowest BCUT2D eigenvalue weighted by molar-refractivity contribution is -0.138. The number of hydrogen-bond donors (Lipinski definition) is 0. The molecule has 0 aliphatic rings. The summed E-state index contributed by atoms with van der Waals surface area (Å²) in [5.74, 6) is -0.00428. The van der Waals surface area contributed by atoms with Crippen molar-refractivity contribution in [2.24, 2.45) is 0 Å². The average molecular weight is 191 g/mol. The smallest absolute Gasteiger partial charge is 0.166 e. The third-order valence-corrected chi connectivity index (χ3v) is 1.79. The minimum Gasteiger partial charge on any atom is -0.166 e. The fraction of sp³-hybridized carbons (Fsp3) is 0.250. The molecule has 0 amide bonds. The Morgan fingerprint density at radius 3 is 2.17 bits per heavy atom. The molecule has 0 heterocycles. The summed E-state index contributed by atoms with van der Waals surface area (Å²) in [7, 11) is 0. The Bertz CT molecular complexity index is 267. The second-order valence-corrected chi connectivity index (χ2v) is 2.59. The third-order valence-electron chi connectivity index (χ3n) is 1.48. The van der Waals surface area contributed by atoms with Crippen molar-refractivity contribution in [3.05, 3.63) is 35.4 Å². The Kier molecular flexibility index (Phi) is 2.67. The minimum atomic E-state index is -4.28. The molecule has 12 heavy (non-hydrogen) atoms. The monoisotopic (exact) mass is 191 g/mol. The van der Waals surface area contributed by atoms with Crippen LogP contribution in [-0.2, 0) is 11.9 Å². The highest BCUT2D eigenvalue weighted by molar-refractivity contribution is 7.79. The third kappa shape index (κ3) is 1.94. The lowest BCUT2D eigenvalue weighted by Gasteiger charge is -2.09. The maximum atomic E-state index is 12.2. The fourth-order valence-electron chi connectivity index (χ4n) is 0.923. The van der Waals surface area contributed by atoms with Crippen molar-refractivity contribution in [2.75, 3.05) is 0 Å². The van der Waals surface area contributed by atoms with E-state index < -0.39 is 11.7 Å². The van der Waals surface area contributed by atoms with Gasteiger partial charge in [0.15, 0.2) is 0 Å². The van der Waals surface area contributed by atoms with Crippen LogP contribution in [0.1, 0.15) is 11.1 Å². The molecule has 0 bridgehead atoms. The molecule has 0 aromatic heterocycles. The molecular formula is C8H6F3S. The first kappa shape index (κ1) is 9.45. The molecule has 1 aromatic carbocycles. The second kappa shape index (κ2) is 3.39. The Morgan fingerprint density at radius 2 is 1.75 bits per heavy atom. The van der Waals surface area contributed by atoms with E-state index in [2.05, 4.69) is 12.6 Å². The van der Waals surface area contributed by atoms with Crippen LogP contribution < -0.4 is 0 Å². The Labute approximate surface area is 73.8 Å². The predicted octanol–water partition coefficient (Wildman–Crippen LogP) is 3.40. The molecule has 65 valence electrons. The molecule has 4 heteroatoms. The van der Waals surface area contributed by atoms with Crippen molar-refractivity contribution in [1.82, 2.24) is 0 Å². The average Bonchev–Trinajstić information content (AvgIpc) is 2.03. The van der Waals surface area contributed by atoms with E-state index >= 15 is 0 Å². The van der Waals surface area contributed by atoms with E-state index in [0.717, 1.165) is 6.07 Å². The van der Waals surface area contributed by atoms with E-state index in [9.17, 15) is 13.2 Å². The van der Waals surface area contributed by atoms with Crippen LogP contribution in [0.25, 0.3) is 0 Å². The van der Waals surface area contributed by atoms with Gasteiger partial charge in [-0.25, -0.2) is 0 Å². The zero-order chi connectivity index (χ0) is 9.19. The molecule has 0 aliphatic heterocycles. The molecule has 1 rings (SSSR count). The van der Waals surface area contributed by atoms with Gasteiger partial charge in [0.1, 0.15) is 0 Å². The van der Waals surface area contributed by atoms with E-state index in [1.165, 1.54) is 12.1 Å². The van der Waals surface area contributed by atoms with E-state index in [4.69, 9.17) is 0 Å². The van der Waals surface area contributed by atoms with Crippen molar-refractivity contribution >= 4 is 12.6 Å². The van der Waals surface area contributed by atoms with Gasteiger partial charge in [0.2, 0.25) is 0 Å². The van der Waals surface area contributed by atoms with Gasteiger partial charge in [0, 0.05) is 5.75 Å². The highest BCUT2D eigenvalue weighted by Crippen LogP contribution is 2.32. The molecule has 0 fully saturated rings. The molecule has 1 aromatic rings. The number of hydrogen-bond acceptors (Lipinski definition) is 0. The second-order valence-electron chi connectivity index (χ2n) is 2.30. The first-order valence-electron chi connectivity index (χ1n) is 3.29. The van der Waals surface area contributed by atoms with Gasteiger partial charge in [0.25, 0.3) is 0 Å². The van der Waals surface area contributed by atoms with Crippen LogP contribution in [0, 0.1) is 0 Å². The Hall–Kier alpha value is -0.640. The Balaban J connectivity index is 3.14. The SMILES string of the molecule is FC(F)(F)c1ccccc1C[S]. The summed E-state index contributed by atoms with van der Waals surface area (Å²) < 4.78 is 36.6. The standard InChI is InChI=1S/C8H6F3S/c9-8(10,11)7-4-2-1-3-6(7)5-12/h1-4H,5H2. The van der Waals surface area contributed by atoms with E-state index in [1.54, 1.807) is 6.07 Å². The number of halogens is 3. The van der Waals surface area contributed by atoms with Gasteiger partial charge < -0.3 is 0 Å². The molecule has 0 N–H and O–H groups in total. The van der Waals surface area contributed by atoms with Gasteiger partial charge in [-0.1, -0.05) is 30.8 Å². The number of rotatable bonds is 1. The van der Waals surface area contributed by atoms with Crippen LogP contribution in [0.3, 0.4) is 0 Å². The van der Waals surface area contributed by atoms with Gasteiger partial charge in [-0.15, -0.1) is 0 Å². The van der Waals surface area contributed by atoms with Gasteiger partial charge in [-0.2, -0.15) is 13.2 Å². The summed E-state index contributed by atoms with van der Waals surface area (Å²) in [6.07, 6.45) is -4.28. The summed E-state index contributed by atoms with van der Waals surface area (Å²) >= 11 is 4.57. The normalized spacial score (nSPS) is 11.7. The molecule has 1 radical (unpaired) electrons. The van der Waals surface area contributed by atoms with Gasteiger partial charge >= 0.3 is 6.18 Å². The molecular weight excluding hydrogens is 185 g/mol. The lowest BCUT2D eigenvalue weighted by Crippen LogP contribution is -2.07. The van der Waals surface area contributed by atoms with Crippen LogP contribution in [0.15, 0.2) is 24.3 Å². The molecule has 0 atom stereocenters. The minimum absolute atomic E-state index is 0.00428. The van der Waals surface area contributed by atoms with Crippen LogP contribution in [0.5, 0.6) is 0 Å². The van der Waals surface area contributed by atoms with E-state index in [1.807, 2.05) is 0 Å². The predicted molar refractivity (Wildman–Crippen MR) is 42.7 cm³/mol. The molecule has 0 saturated heterocycles. The van der Waals surface area contributed by atoms with Gasteiger partial charge in [0.05, 0.1) is 5.56 Å². The lowest BCUT2D eigenvalue weighted by atomic mass is 10.1. The quantitative estimate of drug-likeness (QED) is 0.638. The molecule has 0 spiro atoms. The largest absolute Gasteiger partial charge is 0.416 e. The Morgan fingerprint density at radius 1 is 1.17 bits per heavy atom. The summed E-state index contributed by atoms with van der Waals surface area (Å²) in [5, 5.41) is 0. The van der Waals surface area contributed by atoms with Crippen LogP contribution in [0.4, 0.5) is 13.2 Å². The maximum Gasteiger partial charge on any atom is 0.416 e. The molecule has 0 saturated carbocycles. The number of alkyl halides is 3. The van der Waals surface area contributed by atoms with Crippen molar-refractivity contribution < 1.29 is 13.2 Å². The van der Waals surface area contributed by atoms with Crippen LogP contribution in [-0.4, -0.2) is 0 Å². The van der Waals surface area contributed by atoms with Gasteiger partial charge in [-0.3, -0.25) is 0 Å². The van der Waals surface area contributed by atoms with Crippen LogP contribution >= 0.6 is 12.6 Å². The fourth-order valence-corrected chi connectivity index (χ4v) is 1.17. The highest BCUT2D eigenvalue weighted by Gasteiger charge is 2.32. The zero-order valence-electron chi connectivity index (χ0n) is 6.06. The van der Waals surface area contributed by atoms with Gasteiger partial charge in [-0.05, 0) is 11.6 Å². The van der Waals surface area contributed by atoms with E-state index in [0.29, 0.717) is 0 Å². The molecule has 0 unspecified atom stereocenters. The first-order valence-corrected chi connectivity index (χ1v) is 3.86. The van der Waals surface area contributed by atoms with Crippen molar-refractivity contribution in [3.63, 3.8) is 0 Å².